The number of hydrogen-bond acceptors (Lipinski definition) is 4. The number of rotatable bonds is 6. The van der Waals surface area contributed by atoms with Gasteiger partial charge >= 0.3 is 0 Å². The van der Waals surface area contributed by atoms with Gasteiger partial charge in [-0.1, -0.05) is 12.1 Å². The van der Waals surface area contributed by atoms with Gasteiger partial charge in [-0.2, -0.15) is 0 Å². The molecule has 1 saturated heterocycles. The van der Waals surface area contributed by atoms with E-state index in [1.54, 1.807) is 24.3 Å². The molecule has 25 heavy (non-hydrogen) atoms. The van der Waals surface area contributed by atoms with Crippen molar-refractivity contribution in [1.82, 2.24) is 20.4 Å². The number of aromatic nitrogens is 2. The van der Waals surface area contributed by atoms with Crippen LogP contribution in [0.25, 0.3) is 10.8 Å². The summed E-state index contributed by atoms with van der Waals surface area (Å²) in [6.45, 7) is 2.88. The second-order valence-corrected chi connectivity index (χ2v) is 6.19. The Morgan fingerprint density at radius 2 is 2.00 bits per heavy atom. The topological polar surface area (TPSA) is 96.0 Å². The van der Waals surface area contributed by atoms with Crippen LogP contribution in [0.2, 0.25) is 0 Å². The summed E-state index contributed by atoms with van der Waals surface area (Å²) in [6.07, 6.45) is 2.28. The Labute approximate surface area is 151 Å². The Bertz CT molecular complexity index is 840. The molecule has 1 atom stereocenters. The lowest BCUT2D eigenvalue weighted by atomic mass is 10.1. The number of fused-ring (bicyclic) bond motifs is 1. The number of H-pyrrole nitrogens is 1. The second kappa shape index (κ2) is 8.82. The highest BCUT2D eigenvalue weighted by Crippen LogP contribution is 2.10. The molecule has 0 aliphatic carbocycles. The Balaban J connectivity index is 0.00000225. The fourth-order valence-corrected chi connectivity index (χ4v) is 3.08. The van der Waals surface area contributed by atoms with Crippen LogP contribution >= 0.6 is 12.4 Å². The minimum atomic E-state index is -0.320. The normalized spacial score (nSPS) is 16.6. The molecule has 2 aromatic rings. The zero-order valence-electron chi connectivity index (χ0n) is 13.9. The Hall–Kier alpha value is -2.12. The van der Waals surface area contributed by atoms with Gasteiger partial charge in [0.15, 0.2) is 0 Å². The van der Waals surface area contributed by atoms with Crippen molar-refractivity contribution in [2.24, 2.45) is 5.92 Å². The van der Waals surface area contributed by atoms with Gasteiger partial charge < -0.3 is 10.6 Å². The van der Waals surface area contributed by atoms with E-state index in [0.29, 0.717) is 23.2 Å². The number of nitrogens with one attached hydrogen (secondary N) is 3. The zero-order valence-corrected chi connectivity index (χ0v) is 14.7. The minimum absolute atomic E-state index is 0. The number of hydrogen-bond donors (Lipinski definition) is 3. The maximum atomic E-state index is 12.3. The fraction of sp³-hybridized carbons (Fsp3) is 0.471. The van der Waals surface area contributed by atoms with E-state index in [2.05, 4.69) is 15.7 Å². The van der Waals surface area contributed by atoms with Crippen molar-refractivity contribution in [3.63, 3.8) is 0 Å². The van der Waals surface area contributed by atoms with Gasteiger partial charge in [0.1, 0.15) is 0 Å². The van der Waals surface area contributed by atoms with E-state index in [-0.39, 0.29) is 42.4 Å². The highest BCUT2D eigenvalue weighted by molar-refractivity contribution is 5.85. The third-order valence-corrected chi connectivity index (χ3v) is 4.48. The van der Waals surface area contributed by atoms with E-state index in [1.807, 2.05) is 0 Å². The van der Waals surface area contributed by atoms with E-state index >= 15 is 0 Å². The summed E-state index contributed by atoms with van der Waals surface area (Å²) in [6, 6.07) is 6.68. The lowest BCUT2D eigenvalue weighted by Gasteiger charge is -2.10. The molecule has 2 heterocycles. The second-order valence-electron chi connectivity index (χ2n) is 6.19. The maximum absolute atomic E-state index is 12.3. The van der Waals surface area contributed by atoms with Crippen LogP contribution in [0, 0.1) is 5.92 Å². The third kappa shape index (κ3) is 4.70. The first-order valence-electron chi connectivity index (χ1n) is 8.34. The molecule has 136 valence electrons. The number of carbonyl (C=O) groups is 1. The highest BCUT2D eigenvalue weighted by Gasteiger charge is 2.14. The number of aryl methyl sites for hydroxylation is 1. The fourth-order valence-electron chi connectivity index (χ4n) is 3.08. The zero-order chi connectivity index (χ0) is 16.9. The number of nitrogens with zero attached hydrogens (tertiary/aromatic N) is 1. The maximum Gasteiger partial charge on any atom is 0.273 e. The van der Waals surface area contributed by atoms with Crippen LogP contribution in [0.3, 0.4) is 0 Å². The summed E-state index contributed by atoms with van der Waals surface area (Å²) >= 11 is 0. The highest BCUT2D eigenvalue weighted by atomic mass is 35.5. The minimum Gasteiger partial charge on any atom is -0.356 e. The molecular formula is C17H23ClN4O3. The SMILES string of the molecule is Cl.O=C(CCn1[nH]c(=O)c2ccccc2c1=O)NCCC1CCNC1. The molecule has 1 unspecified atom stereocenters. The lowest BCUT2D eigenvalue weighted by molar-refractivity contribution is -0.121. The van der Waals surface area contributed by atoms with Crippen LogP contribution in [0.15, 0.2) is 33.9 Å². The van der Waals surface area contributed by atoms with Crippen molar-refractivity contribution < 1.29 is 4.79 Å². The standard InChI is InChI=1S/C17H22N4O3.ClH/c22-15(19-9-6-12-5-8-18-11-12)7-10-21-17(24)14-4-2-1-3-13(14)16(23)20-21;/h1-4,12,18H,5-11H2,(H,19,22)(H,20,23);1H. The molecule has 0 saturated carbocycles. The van der Waals surface area contributed by atoms with E-state index < -0.39 is 0 Å². The molecule has 0 spiro atoms. The summed E-state index contributed by atoms with van der Waals surface area (Å²) < 4.78 is 1.21. The predicted molar refractivity (Wildman–Crippen MR) is 99.3 cm³/mol. The molecule has 8 heteroatoms. The van der Waals surface area contributed by atoms with E-state index in [4.69, 9.17) is 0 Å². The summed E-state index contributed by atoms with van der Waals surface area (Å²) in [7, 11) is 0. The van der Waals surface area contributed by atoms with Crippen LogP contribution in [0.4, 0.5) is 0 Å². The van der Waals surface area contributed by atoms with Crippen molar-refractivity contribution in [3.8, 4) is 0 Å². The summed E-state index contributed by atoms with van der Waals surface area (Å²) in [4.78, 5) is 36.2. The quantitative estimate of drug-likeness (QED) is 0.698. The molecule has 0 bridgehead atoms. The molecule has 3 rings (SSSR count). The van der Waals surface area contributed by atoms with Crippen molar-refractivity contribution in [2.45, 2.75) is 25.8 Å². The third-order valence-electron chi connectivity index (χ3n) is 4.48. The van der Waals surface area contributed by atoms with Gasteiger partial charge in [-0.3, -0.25) is 19.5 Å². The molecule has 1 aliphatic heterocycles. The van der Waals surface area contributed by atoms with E-state index in [9.17, 15) is 14.4 Å². The van der Waals surface area contributed by atoms with Gasteiger partial charge in [-0.25, -0.2) is 4.68 Å². The van der Waals surface area contributed by atoms with Gasteiger partial charge in [0.25, 0.3) is 11.1 Å². The van der Waals surface area contributed by atoms with Gasteiger partial charge in [0.05, 0.1) is 17.3 Å². The molecule has 1 amide bonds. The largest absolute Gasteiger partial charge is 0.356 e. The van der Waals surface area contributed by atoms with Crippen molar-refractivity contribution in [3.05, 3.63) is 45.0 Å². The number of halogens is 1. The van der Waals surface area contributed by atoms with Gasteiger partial charge in [-0.15, -0.1) is 12.4 Å². The summed E-state index contributed by atoms with van der Waals surface area (Å²) in [5.74, 6) is 0.520. The molecule has 3 N–H and O–H groups in total. The average Bonchev–Trinajstić information content (AvgIpc) is 3.10. The first-order chi connectivity index (χ1) is 11.6. The van der Waals surface area contributed by atoms with Gasteiger partial charge in [-0.05, 0) is 44.0 Å². The van der Waals surface area contributed by atoms with Gasteiger partial charge in [0, 0.05) is 13.0 Å². The van der Waals surface area contributed by atoms with Crippen LogP contribution in [0.5, 0.6) is 0 Å². The number of aromatic amines is 1. The molecule has 7 nitrogen and oxygen atoms in total. The molecule has 1 aromatic heterocycles. The van der Waals surface area contributed by atoms with E-state index in [0.717, 1.165) is 25.9 Å². The Kier molecular flexibility index (Phi) is 6.78. The van der Waals surface area contributed by atoms with Crippen LogP contribution in [-0.2, 0) is 11.3 Å². The first-order valence-corrected chi connectivity index (χ1v) is 8.34. The van der Waals surface area contributed by atoms with Crippen LogP contribution < -0.4 is 21.8 Å². The average molecular weight is 367 g/mol. The Morgan fingerprint density at radius 3 is 2.72 bits per heavy atom. The monoisotopic (exact) mass is 366 g/mol. The number of benzene rings is 1. The van der Waals surface area contributed by atoms with Crippen molar-refractivity contribution >= 4 is 29.1 Å². The van der Waals surface area contributed by atoms with E-state index in [1.165, 1.54) is 4.68 Å². The van der Waals surface area contributed by atoms with Crippen LogP contribution in [0.1, 0.15) is 19.3 Å². The molecule has 1 aliphatic rings. The first kappa shape index (κ1) is 19.2. The molecule has 1 aromatic carbocycles. The van der Waals surface area contributed by atoms with Gasteiger partial charge in [0.2, 0.25) is 5.91 Å². The predicted octanol–water partition coefficient (Wildman–Crippen LogP) is 0.618. The van der Waals surface area contributed by atoms with Crippen LogP contribution in [-0.4, -0.2) is 35.3 Å². The molecule has 0 radical (unpaired) electrons. The van der Waals surface area contributed by atoms with Crippen molar-refractivity contribution in [1.29, 1.82) is 0 Å². The molecule has 1 fully saturated rings. The summed E-state index contributed by atoms with van der Waals surface area (Å²) in [5.41, 5.74) is -0.602. The lowest BCUT2D eigenvalue weighted by Crippen LogP contribution is -2.33. The molecular weight excluding hydrogens is 344 g/mol. The smallest absolute Gasteiger partial charge is 0.273 e. The number of amides is 1. The Morgan fingerprint density at radius 1 is 1.24 bits per heavy atom. The summed E-state index contributed by atoms with van der Waals surface area (Å²) in [5, 5.41) is 9.45. The van der Waals surface area contributed by atoms with Crippen molar-refractivity contribution in [2.75, 3.05) is 19.6 Å². The number of carbonyl (C=O) groups excluding carboxylic acids is 1.